The molecule has 7 heteroatoms. The third kappa shape index (κ3) is 6.12. The van der Waals surface area contributed by atoms with Crippen LogP contribution in [0, 0.1) is 0 Å². The van der Waals surface area contributed by atoms with Crippen LogP contribution < -0.4 is 10.1 Å². The Labute approximate surface area is 200 Å². The van der Waals surface area contributed by atoms with Crippen molar-refractivity contribution in [1.82, 2.24) is 10.2 Å². The molecule has 4 nitrogen and oxygen atoms in total. The number of piperazine rings is 1. The Kier molecular flexibility index (Phi) is 8.17. The maximum Gasteiger partial charge on any atom is 0.416 e. The smallest absolute Gasteiger partial charge is 0.416 e. The summed E-state index contributed by atoms with van der Waals surface area (Å²) < 4.78 is 51.0. The SMILES string of the molecule is COC1(C(CN2CCNCC2)c2ccc(OCc3cccc(C(F)(F)F)c3)cc2)CCCCC1. The van der Waals surface area contributed by atoms with E-state index in [1.807, 2.05) is 19.2 Å². The van der Waals surface area contributed by atoms with Gasteiger partial charge in [0.15, 0.2) is 0 Å². The van der Waals surface area contributed by atoms with E-state index in [9.17, 15) is 13.2 Å². The normalized spacial score (nSPS) is 20.1. The zero-order valence-corrected chi connectivity index (χ0v) is 19.9. The van der Waals surface area contributed by atoms with Crippen LogP contribution in [-0.4, -0.2) is 50.3 Å². The third-order valence-electron chi connectivity index (χ3n) is 7.33. The topological polar surface area (TPSA) is 33.7 Å². The summed E-state index contributed by atoms with van der Waals surface area (Å²) in [5.41, 5.74) is 0.908. The lowest BCUT2D eigenvalue weighted by Gasteiger charge is -2.45. The van der Waals surface area contributed by atoms with Crippen molar-refractivity contribution < 1.29 is 22.6 Å². The van der Waals surface area contributed by atoms with E-state index in [4.69, 9.17) is 9.47 Å². The molecule has 0 spiro atoms. The minimum Gasteiger partial charge on any atom is -0.489 e. The summed E-state index contributed by atoms with van der Waals surface area (Å²) in [5.74, 6) is 0.908. The Hall–Kier alpha value is -2.09. The number of alkyl halides is 3. The molecule has 186 valence electrons. The van der Waals surface area contributed by atoms with E-state index < -0.39 is 11.7 Å². The summed E-state index contributed by atoms with van der Waals surface area (Å²) in [6.45, 7) is 5.14. The molecule has 0 amide bonds. The molecule has 2 fully saturated rings. The van der Waals surface area contributed by atoms with Gasteiger partial charge in [0.1, 0.15) is 12.4 Å². The van der Waals surface area contributed by atoms with E-state index in [0.717, 1.165) is 57.7 Å². The number of rotatable bonds is 8. The Morgan fingerprint density at radius 3 is 2.35 bits per heavy atom. The predicted octanol–water partition coefficient (Wildman–Crippen LogP) is 5.62. The van der Waals surface area contributed by atoms with Gasteiger partial charge in [0.25, 0.3) is 0 Å². The second kappa shape index (κ2) is 11.1. The lowest BCUT2D eigenvalue weighted by molar-refractivity contribution is -0.137. The highest BCUT2D eigenvalue weighted by molar-refractivity contribution is 5.32. The third-order valence-corrected chi connectivity index (χ3v) is 7.33. The van der Waals surface area contributed by atoms with Crippen molar-refractivity contribution in [1.29, 1.82) is 0 Å². The minimum atomic E-state index is -4.35. The molecule has 0 bridgehead atoms. The minimum absolute atomic E-state index is 0.0927. The van der Waals surface area contributed by atoms with Crippen molar-refractivity contribution in [3.05, 3.63) is 65.2 Å². The molecule has 2 aromatic carbocycles. The van der Waals surface area contributed by atoms with Gasteiger partial charge in [0.2, 0.25) is 0 Å². The van der Waals surface area contributed by atoms with Crippen molar-refractivity contribution in [2.24, 2.45) is 0 Å². The van der Waals surface area contributed by atoms with E-state index in [2.05, 4.69) is 22.3 Å². The monoisotopic (exact) mass is 476 g/mol. The molecular weight excluding hydrogens is 441 g/mol. The van der Waals surface area contributed by atoms with Crippen LogP contribution >= 0.6 is 0 Å². The van der Waals surface area contributed by atoms with E-state index in [1.54, 1.807) is 6.07 Å². The van der Waals surface area contributed by atoms with E-state index in [1.165, 1.54) is 30.9 Å². The van der Waals surface area contributed by atoms with Crippen molar-refractivity contribution in [2.45, 2.75) is 56.4 Å². The Morgan fingerprint density at radius 2 is 1.71 bits per heavy atom. The van der Waals surface area contributed by atoms with Crippen LogP contribution in [0.3, 0.4) is 0 Å². The van der Waals surface area contributed by atoms with E-state index in [0.29, 0.717) is 11.3 Å². The average molecular weight is 477 g/mol. The van der Waals surface area contributed by atoms with Gasteiger partial charge in [0.05, 0.1) is 11.2 Å². The van der Waals surface area contributed by atoms with Gasteiger partial charge < -0.3 is 19.7 Å². The van der Waals surface area contributed by atoms with Crippen molar-refractivity contribution in [2.75, 3.05) is 39.8 Å². The fourth-order valence-corrected chi connectivity index (χ4v) is 5.37. The fourth-order valence-electron chi connectivity index (χ4n) is 5.37. The van der Waals surface area contributed by atoms with Gasteiger partial charge in [-0.15, -0.1) is 0 Å². The van der Waals surface area contributed by atoms with Gasteiger partial charge in [0, 0.05) is 45.8 Å². The van der Waals surface area contributed by atoms with Gasteiger partial charge in [-0.1, -0.05) is 43.5 Å². The molecule has 1 atom stereocenters. The van der Waals surface area contributed by atoms with E-state index >= 15 is 0 Å². The quantitative estimate of drug-likeness (QED) is 0.536. The standard InChI is InChI=1S/C27H35F3N2O2/c1-33-26(12-3-2-4-13-26)25(19-32-16-14-31-15-17-32)22-8-10-24(11-9-22)34-20-21-6-5-7-23(18-21)27(28,29)30/h5-11,18,25,31H,2-4,12-17,19-20H2,1H3. The molecule has 4 rings (SSSR count). The molecular formula is C27H35F3N2O2. The van der Waals surface area contributed by atoms with Gasteiger partial charge in [-0.2, -0.15) is 13.2 Å². The summed E-state index contributed by atoms with van der Waals surface area (Å²) in [7, 11) is 1.85. The first-order valence-electron chi connectivity index (χ1n) is 12.3. The average Bonchev–Trinajstić information content (AvgIpc) is 2.87. The highest BCUT2D eigenvalue weighted by atomic mass is 19.4. The second-order valence-electron chi connectivity index (χ2n) is 9.49. The van der Waals surface area contributed by atoms with Crippen molar-refractivity contribution in [3.8, 4) is 5.75 Å². The molecule has 0 radical (unpaired) electrons. The number of methoxy groups -OCH3 is 1. The molecule has 34 heavy (non-hydrogen) atoms. The molecule has 2 aliphatic rings. The summed E-state index contributed by atoms with van der Waals surface area (Å²) in [6, 6.07) is 13.3. The summed E-state index contributed by atoms with van der Waals surface area (Å²) >= 11 is 0. The zero-order chi connectivity index (χ0) is 24.0. The predicted molar refractivity (Wildman–Crippen MR) is 127 cm³/mol. The largest absolute Gasteiger partial charge is 0.489 e. The Bertz CT molecular complexity index is 905. The summed E-state index contributed by atoms with van der Waals surface area (Å²) in [5, 5.41) is 3.43. The fraction of sp³-hybridized carbons (Fsp3) is 0.556. The molecule has 1 N–H and O–H groups in total. The first-order chi connectivity index (χ1) is 16.4. The lowest BCUT2D eigenvalue weighted by Crippen LogP contribution is -2.50. The number of ether oxygens (including phenoxy) is 2. The summed E-state index contributed by atoms with van der Waals surface area (Å²) in [6.07, 6.45) is 1.40. The van der Waals surface area contributed by atoms with Gasteiger partial charge in [-0.3, -0.25) is 0 Å². The maximum absolute atomic E-state index is 13.0. The lowest BCUT2D eigenvalue weighted by atomic mass is 9.72. The Morgan fingerprint density at radius 1 is 1.00 bits per heavy atom. The van der Waals surface area contributed by atoms with Crippen molar-refractivity contribution >= 4 is 0 Å². The molecule has 2 aromatic rings. The van der Waals surface area contributed by atoms with Crippen LogP contribution in [0.1, 0.15) is 54.7 Å². The van der Waals surface area contributed by atoms with Crippen molar-refractivity contribution in [3.63, 3.8) is 0 Å². The highest BCUT2D eigenvalue weighted by Crippen LogP contribution is 2.43. The number of halogens is 3. The van der Waals surface area contributed by atoms with Gasteiger partial charge in [-0.25, -0.2) is 0 Å². The van der Waals surface area contributed by atoms with Crippen LogP contribution in [-0.2, 0) is 17.5 Å². The molecule has 1 unspecified atom stereocenters. The second-order valence-corrected chi connectivity index (χ2v) is 9.49. The van der Waals surface area contributed by atoms with Gasteiger partial charge >= 0.3 is 6.18 Å². The maximum atomic E-state index is 13.0. The molecule has 1 saturated heterocycles. The first-order valence-corrected chi connectivity index (χ1v) is 12.3. The number of hydrogen-bond donors (Lipinski definition) is 1. The first kappa shape index (κ1) is 25.0. The Balaban J connectivity index is 1.48. The molecule has 1 saturated carbocycles. The number of nitrogens with one attached hydrogen (secondary N) is 1. The summed E-state index contributed by atoms with van der Waals surface area (Å²) in [4.78, 5) is 2.52. The van der Waals surface area contributed by atoms with Crippen LogP contribution in [0.15, 0.2) is 48.5 Å². The molecule has 1 aliphatic carbocycles. The molecule has 1 heterocycles. The van der Waals surface area contributed by atoms with E-state index in [-0.39, 0.29) is 18.1 Å². The molecule has 0 aromatic heterocycles. The zero-order valence-electron chi connectivity index (χ0n) is 19.9. The highest BCUT2D eigenvalue weighted by Gasteiger charge is 2.41. The number of nitrogens with zero attached hydrogens (tertiary/aromatic N) is 1. The van der Waals surface area contributed by atoms with Crippen LogP contribution in [0.2, 0.25) is 0 Å². The number of benzene rings is 2. The van der Waals surface area contributed by atoms with Crippen LogP contribution in [0.25, 0.3) is 0 Å². The molecule has 1 aliphatic heterocycles. The van der Waals surface area contributed by atoms with Gasteiger partial charge in [-0.05, 0) is 48.2 Å². The number of hydrogen-bond acceptors (Lipinski definition) is 4. The van der Waals surface area contributed by atoms with Crippen LogP contribution in [0.4, 0.5) is 13.2 Å². The van der Waals surface area contributed by atoms with Crippen LogP contribution in [0.5, 0.6) is 5.75 Å².